The molecular formula is C17H16N2O4S. The third-order valence-corrected chi connectivity index (χ3v) is 3.82. The molecule has 0 saturated carbocycles. The number of carbonyl (C=O) groups excluding carboxylic acids is 3. The topological polar surface area (TPSA) is 84.5 Å². The number of amides is 2. The van der Waals surface area contributed by atoms with E-state index in [2.05, 4.69) is 15.4 Å². The summed E-state index contributed by atoms with van der Waals surface area (Å²) in [6.07, 6.45) is 3.18. The second-order valence-electron chi connectivity index (χ2n) is 4.67. The quantitative estimate of drug-likeness (QED) is 0.622. The number of methoxy groups -OCH3 is 1. The molecule has 0 aliphatic heterocycles. The van der Waals surface area contributed by atoms with E-state index in [1.165, 1.54) is 13.2 Å². The monoisotopic (exact) mass is 344 g/mol. The summed E-state index contributed by atoms with van der Waals surface area (Å²) in [4.78, 5) is 35.6. The number of anilines is 1. The number of benzene rings is 1. The molecule has 2 aromatic rings. The first kappa shape index (κ1) is 17.4. The molecule has 124 valence electrons. The lowest BCUT2D eigenvalue weighted by atomic mass is 10.2. The number of carbonyl (C=O) groups is 3. The fourth-order valence-corrected chi connectivity index (χ4v) is 2.38. The van der Waals surface area contributed by atoms with Gasteiger partial charge in [0.2, 0.25) is 5.91 Å². The van der Waals surface area contributed by atoms with Crippen LogP contribution in [-0.4, -0.2) is 31.4 Å². The van der Waals surface area contributed by atoms with Gasteiger partial charge in [-0.25, -0.2) is 0 Å². The van der Waals surface area contributed by atoms with Crippen LogP contribution in [0.15, 0.2) is 47.9 Å². The Hall–Kier alpha value is -2.93. The van der Waals surface area contributed by atoms with E-state index in [9.17, 15) is 14.4 Å². The molecule has 2 N–H and O–H groups in total. The number of nitrogens with one attached hydrogen (secondary N) is 2. The fourth-order valence-electron chi connectivity index (χ4n) is 1.76. The van der Waals surface area contributed by atoms with Crippen LogP contribution in [0.1, 0.15) is 15.2 Å². The molecule has 0 aliphatic rings. The van der Waals surface area contributed by atoms with E-state index < -0.39 is 11.9 Å². The van der Waals surface area contributed by atoms with Crippen molar-refractivity contribution in [2.24, 2.45) is 0 Å². The number of esters is 1. The Morgan fingerprint density at radius 1 is 1.17 bits per heavy atom. The lowest BCUT2D eigenvalue weighted by Gasteiger charge is -2.06. The maximum absolute atomic E-state index is 11.8. The third kappa shape index (κ3) is 5.36. The lowest BCUT2D eigenvalue weighted by molar-refractivity contribution is -0.139. The average molecular weight is 344 g/mol. The molecule has 0 radical (unpaired) electrons. The molecule has 1 aromatic heterocycles. The summed E-state index contributed by atoms with van der Waals surface area (Å²) in [6, 6.07) is 10.2. The Morgan fingerprint density at radius 2 is 1.92 bits per heavy atom. The minimum atomic E-state index is -0.523. The first-order valence-corrected chi connectivity index (χ1v) is 7.94. The first-order valence-electron chi connectivity index (χ1n) is 7.06. The average Bonchev–Trinajstić information content (AvgIpc) is 3.11. The van der Waals surface area contributed by atoms with E-state index >= 15 is 0 Å². The molecule has 24 heavy (non-hydrogen) atoms. The zero-order valence-corrected chi connectivity index (χ0v) is 13.8. The van der Waals surface area contributed by atoms with Crippen molar-refractivity contribution in [1.29, 1.82) is 0 Å². The van der Waals surface area contributed by atoms with Gasteiger partial charge in [0, 0.05) is 22.2 Å². The SMILES string of the molecule is COC(=O)CNC(=O)c1ccc(NC(=O)/C=C/c2cccs2)cc1. The summed E-state index contributed by atoms with van der Waals surface area (Å²) in [7, 11) is 1.25. The number of ether oxygens (including phenoxy) is 1. The van der Waals surface area contributed by atoms with Crippen molar-refractivity contribution in [3.8, 4) is 0 Å². The Kier molecular flexibility index (Phi) is 6.27. The van der Waals surface area contributed by atoms with Crippen LogP contribution in [0.5, 0.6) is 0 Å². The van der Waals surface area contributed by atoms with Crippen LogP contribution in [0, 0.1) is 0 Å². The highest BCUT2D eigenvalue weighted by Gasteiger charge is 2.08. The molecule has 0 unspecified atom stereocenters. The molecule has 6 nitrogen and oxygen atoms in total. The zero-order valence-electron chi connectivity index (χ0n) is 12.9. The van der Waals surface area contributed by atoms with Gasteiger partial charge in [-0.15, -0.1) is 11.3 Å². The second kappa shape index (κ2) is 8.64. The van der Waals surface area contributed by atoms with Gasteiger partial charge < -0.3 is 15.4 Å². The van der Waals surface area contributed by atoms with Crippen LogP contribution in [0.25, 0.3) is 6.08 Å². The third-order valence-electron chi connectivity index (χ3n) is 2.98. The van der Waals surface area contributed by atoms with Gasteiger partial charge in [-0.05, 0) is 41.8 Å². The predicted molar refractivity (Wildman–Crippen MR) is 92.8 cm³/mol. The van der Waals surface area contributed by atoms with Crippen LogP contribution in [-0.2, 0) is 14.3 Å². The van der Waals surface area contributed by atoms with Crippen LogP contribution >= 0.6 is 11.3 Å². The maximum Gasteiger partial charge on any atom is 0.325 e. The minimum absolute atomic E-state index is 0.193. The van der Waals surface area contributed by atoms with Gasteiger partial charge in [-0.3, -0.25) is 14.4 Å². The molecule has 7 heteroatoms. The van der Waals surface area contributed by atoms with E-state index in [0.29, 0.717) is 11.3 Å². The molecule has 0 atom stereocenters. The Morgan fingerprint density at radius 3 is 2.54 bits per heavy atom. The van der Waals surface area contributed by atoms with E-state index in [-0.39, 0.29) is 12.5 Å². The van der Waals surface area contributed by atoms with Crippen LogP contribution in [0.3, 0.4) is 0 Å². The molecular weight excluding hydrogens is 328 g/mol. The van der Waals surface area contributed by atoms with E-state index in [0.717, 1.165) is 4.88 Å². The molecule has 0 spiro atoms. The molecule has 0 fully saturated rings. The largest absolute Gasteiger partial charge is 0.468 e. The lowest BCUT2D eigenvalue weighted by Crippen LogP contribution is -2.30. The smallest absolute Gasteiger partial charge is 0.325 e. The minimum Gasteiger partial charge on any atom is -0.468 e. The standard InChI is InChI=1S/C17H16N2O4S/c1-23-16(21)11-18-17(22)12-4-6-13(7-5-12)19-15(20)9-8-14-3-2-10-24-14/h2-10H,11H2,1H3,(H,18,22)(H,19,20)/b9-8+. The maximum atomic E-state index is 11.8. The molecule has 0 bridgehead atoms. The highest BCUT2D eigenvalue weighted by molar-refractivity contribution is 7.10. The number of thiophene rings is 1. The molecule has 1 heterocycles. The van der Waals surface area contributed by atoms with Gasteiger partial charge in [0.05, 0.1) is 7.11 Å². The summed E-state index contributed by atoms with van der Waals surface area (Å²) in [5, 5.41) is 7.07. The first-order chi connectivity index (χ1) is 11.6. The van der Waals surface area contributed by atoms with Crippen molar-refractivity contribution in [3.63, 3.8) is 0 Å². The summed E-state index contributed by atoms with van der Waals surface area (Å²) in [6.45, 7) is -0.193. The van der Waals surface area contributed by atoms with Gasteiger partial charge >= 0.3 is 5.97 Å². The molecule has 0 saturated heterocycles. The van der Waals surface area contributed by atoms with Gasteiger partial charge in [-0.1, -0.05) is 6.07 Å². The molecule has 0 aliphatic carbocycles. The summed E-state index contributed by atoms with van der Waals surface area (Å²) < 4.78 is 4.44. The summed E-state index contributed by atoms with van der Waals surface area (Å²) in [5.74, 6) is -1.17. The normalized spacial score (nSPS) is 10.4. The van der Waals surface area contributed by atoms with Crippen LogP contribution < -0.4 is 10.6 Å². The second-order valence-corrected chi connectivity index (χ2v) is 5.65. The Labute approximate surface area is 143 Å². The molecule has 1 aromatic carbocycles. The molecule has 2 rings (SSSR count). The summed E-state index contributed by atoms with van der Waals surface area (Å²) in [5.41, 5.74) is 0.950. The van der Waals surface area contributed by atoms with E-state index in [1.54, 1.807) is 41.7 Å². The van der Waals surface area contributed by atoms with Crippen LogP contribution in [0.2, 0.25) is 0 Å². The van der Waals surface area contributed by atoms with Crippen molar-refractivity contribution in [2.45, 2.75) is 0 Å². The number of hydrogen-bond donors (Lipinski definition) is 2. The number of hydrogen-bond acceptors (Lipinski definition) is 5. The van der Waals surface area contributed by atoms with Gasteiger partial charge in [-0.2, -0.15) is 0 Å². The molecule has 2 amide bonds. The van der Waals surface area contributed by atoms with Crippen molar-refractivity contribution in [3.05, 3.63) is 58.3 Å². The highest BCUT2D eigenvalue weighted by Crippen LogP contribution is 2.12. The van der Waals surface area contributed by atoms with E-state index in [4.69, 9.17) is 0 Å². The van der Waals surface area contributed by atoms with Gasteiger partial charge in [0.1, 0.15) is 6.54 Å². The van der Waals surface area contributed by atoms with E-state index in [1.807, 2.05) is 17.5 Å². The Balaban J connectivity index is 1.88. The summed E-state index contributed by atoms with van der Waals surface area (Å²) >= 11 is 1.54. The highest BCUT2D eigenvalue weighted by atomic mass is 32.1. The van der Waals surface area contributed by atoms with Crippen molar-refractivity contribution in [1.82, 2.24) is 5.32 Å². The van der Waals surface area contributed by atoms with Crippen molar-refractivity contribution >= 4 is 40.9 Å². The van der Waals surface area contributed by atoms with Crippen molar-refractivity contribution in [2.75, 3.05) is 19.0 Å². The fraction of sp³-hybridized carbons (Fsp3) is 0.118. The van der Waals surface area contributed by atoms with Gasteiger partial charge in [0.25, 0.3) is 5.91 Å². The predicted octanol–water partition coefficient (Wildman–Crippen LogP) is 2.30. The van der Waals surface area contributed by atoms with Crippen LogP contribution in [0.4, 0.5) is 5.69 Å². The van der Waals surface area contributed by atoms with Gasteiger partial charge in [0.15, 0.2) is 0 Å². The zero-order chi connectivity index (χ0) is 17.4. The number of rotatable bonds is 6. The Bertz CT molecular complexity index is 736. The van der Waals surface area contributed by atoms with Crippen molar-refractivity contribution < 1.29 is 19.1 Å².